The van der Waals surface area contributed by atoms with Crippen molar-refractivity contribution < 1.29 is 34.4 Å². The van der Waals surface area contributed by atoms with Gasteiger partial charge in [0.25, 0.3) is 10.0 Å². The van der Waals surface area contributed by atoms with Gasteiger partial charge in [0.15, 0.2) is 15.0 Å². The quantitative estimate of drug-likeness (QED) is 0.446. The maximum atomic E-state index is 14.5. The van der Waals surface area contributed by atoms with Crippen molar-refractivity contribution in [1.82, 2.24) is 4.98 Å². The monoisotopic (exact) mass is 528 g/mol. The Bertz CT molecular complexity index is 1360. The minimum absolute atomic E-state index is 0.104. The summed E-state index contributed by atoms with van der Waals surface area (Å²) in [6.45, 7) is 0. The van der Waals surface area contributed by atoms with Gasteiger partial charge in [-0.25, -0.2) is 26.2 Å². The molecule has 1 N–H and O–H groups in total. The van der Waals surface area contributed by atoms with Gasteiger partial charge in [-0.3, -0.25) is 4.72 Å². The molecule has 0 saturated heterocycles. The highest BCUT2D eigenvalue weighted by atomic mass is 35.5. The van der Waals surface area contributed by atoms with Crippen LogP contribution in [0.2, 0.25) is 4.34 Å². The maximum absolute atomic E-state index is 14.5. The molecule has 1 heterocycles. The number of aryl methyl sites for hydroxylation is 1. The van der Waals surface area contributed by atoms with Crippen molar-refractivity contribution in [3.8, 4) is 0 Å². The number of rotatable bonds is 7. The highest BCUT2D eigenvalue weighted by molar-refractivity contribution is 7.93. The van der Waals surface area contributed by atoms with E-state index >= 15 is 0 Å². The van der Waals surface area contributed by atoms with Crippen LogP contribution in [0.25, 0.3) is 0 Å². The largest absolute Gasteiger partial charge is 0.416 e. The average Bonchev–Trinajstić information content (AvgIpc) is 3.09. The zero-order valence-corrected chi connectivity index (χ0v) is 18.9. The molecule has 0 aliphatic rings. The van der Waals surface area contributed by atoms with Crippen LogP contribution in [0.15, 0.2) is 58.5 Å². The van der Waals surface area contributed by atoms with E-state index in [0.717, 1.165) is 41.7 Å². The van der Waals surface area contributed by atoms with Crippen LogP contribution in [0, 0.1) is 5.82 Å². The first-order valence-electron chi connectivity index (χ1n) is 8.60. The van der Waals surface area contributed by atoms with E-state index in [1.54, 1.807) is 0 Å². The second kappa shape index (κ2) is 8.96. The Hall–Kier alpha value is -2.22. The van der Waals surface area contributed by atoms with Gasteiger partial charge < -0.3 is 0 Å². The summed E-state index contributed by atoms with van der Waals surface area (Å²) in [5.41, 5.74) is -0.781. The predicted molar refractivity (Wildman–Crippen MR) is 112 cm³/mol. The van der Waals surface area contributed by atoms with Crippen molar-refractivity contribution in [2.75, 3.05) is 10.5 Å². The van der Waals surface area contributed by atoms with Crippen LogP contribution < -0.4 is 4.72 Å². The molecule has 14 heteroatoms. The summed E-state index contributed by atoms with van der Waals surface area (Å²) >= 11 is 6.47. The molecule has 32 heavy (non-hydrogen) atoms. The summed E-state index contributed by atoms with van der Waals surface area (Å²) in [5.74, 6) is -1.92. The SMILES string of the molecule is O=S(=O)(CCc1cccc(C(F)(F)F)c1)c1ccc(S(=O)(=O)Nc2ncc(Cl)s2)c(F)c1. The van der Waals surface area contributed by atoms with Gasteiger partial charge in [0.1, 0.15) is 15.0 Å². The smallest absolute Gasteiger partial charge is 0.255 e. The molecule has 0 amide bonds. The van der Waals surface area contributed by atoms with Crippen molar-refractivity contribution >= 4 is 47.9 Å². The molecule has 0 radical (unpaired) electrons. The highest BCUT2D eigenvalue weighted by Crippen LogP contribution is 2.30. The number of nitrogens with one attached hydrogen (secondary N) is 1. The van der Waals surface area contributed by atoms with Gasteiger partial charge in [0.2, 0.25) is 0 Å². The lowest BCUT2D eigenvalue weighted by molar-refractivity contribution is -0.137. The normalized spacial score (nSPS) is 12.7. The van der Waals surface area contributed by atoms with Gasteiger partial charge >= 0.3 is 6.18 Å². The second-order valence-corrected chi connectivity index (χ2v) is 11.9. The van der Waals surface area contributed by atoms with Crippen LogP contribution in [-0.2, 0) is 32.5 Å². The van der Waals surface area contributed by atoms with Gasteiger partial charge in [-0.05, 0) is 36.2 Å². The van der Waals surface area contributed by atoms with Crippen molar-refractivity contribution in [3.05, 3.63) is 69.9 Å². The van der Waals surface area contributed by atoms with E-state index in [2.05, 4.69) is 4.98 Å². The van der Waals surface area contributed by atoms with Crippen LogP contribution in [0.4, 0.5) is 22.7 Å². The first-order valence-corrected chi connectivity index (χ1v) is 12.9. The second-order valence-electron chi connectivity index (χ2n) is 6.43. The molecule has 0 unspecified atom stereocenters. The third-order valence-corrected chi connectivity index (χ3v) is 8.41. The molecule has 1 aromatic heterocycles. The molecule has 0 bridgehead atoms. The van der Waals surface area contributed by atoms with Crippen molar-refractivity contribution in [1.29, 1.82) is 0 Å². The minimum Gasteiger partial charge on any atom is -0.255 e. The van der Waals surface area contributed by atoms with Gasteiger partial charge in [0.05, 0.1) is 22.4 Å². The maximum Gasteiger partial charge on any atom is 0.416 e. The van der Waals surface area contributed by atoms with Crippen molar-refractivity contribution in [3.63, 3.8) is 0 Å². The molecule has 0 aliphatic carbocycles. The molecule has 2 aromatic carbocycles. The Morgan fingerprint density at radius 3 is 2.38 bits per heavy atom. The average molecular weight is 529 g/mol. The molecule has 0 atom stereocenters. The Morgan fingerprint density at radius 2 is 1.78 bits per heavy atom. The van der Waals surface area contributed by atoms with E-state index in [4.69, 9.17) is 11.6 Å². The van der Waals surface area contributed by atoms with Gasteiger partial charge in [-0.1, -0.05) is 41.1 Å². The number of anilines is 1. The number of sulfonamides is 1. The van der Waals surface area contributed by atoms with Gasteiger partial charge in [-0.15, -0.1) is 0 Å². The summed E-state index contributed by atoms with van der Waals surface area (Å²) in [6, 6.07) is 6.44. The molecule has 3 aromatic rings. The van der Waals surface area contributed by atoms with Crippen molar-refractivity contribution in [2.45, 2.75) is 22.4 Å². The molecule has 0 spiro atoms. The molecule has 0 saturated carbocycles. The fourth-order valence-corrected chi connectivity index (χ4v) is 6.05. The zero-order valence-electron chi connectivity index (χ0n) is 15.7. The number of halogens is 5. The number of alkyl halides is 3. The van der Waals surface area contributed by atoms with E-state index in [1.165, 1.54) is 12.3 Å². The van der Waals surface area contributed by atoms with Crippen LogP contribution >= 0.6 is 22.9 Å². The first kappa shape index (κ1) is 24.4. The summed E-state index contributed by atoms with van der Waals surface area (Å²) in [4.78, 5) is 2.39. The first-order chi connectivity index (χ1) is 14.8. The number of sulfone groups is 1. The Balaban J connectivity index is 1.79. The van der Waals surface area contributed by atoms with Crippen LogP contribution in [0.1, 0.15) is 11.1 Å². The van der Waals surface area contributed by atoms with E-state index < -0.39 is 53.0 Å². The summed E-state index contributed by atoms with van der Waals surface area (Å²) in [7, 11) is -8.52. The molecular weight excluding hydrogens is 516 g/mol. The molecule has 0 fully saturated rings. The molecular formula is C18H13ClF4N2O4S3. The summed E-state index contributed by atoms with van der Waals surface area (Å²) in [5, 5.41) is -0.104. The topological polar surface area (TPSA) is 93.2 Å². The number of benzene rings is 2. The number of nitrogens with zero attached hydrogens (tertiary/aromatic N) is 1. The Morgan fingerprint density at radius 1 is 1.06 bits per heavy atom. The fraction of sp³-hybridized carbons (Fsp3) is 0.167. The zero-order chi connectivity index (χ0) is 23.7. The molecule has 0 aliphatic heterocycles. The van der Waals surface area contributed by atoms with Crippen molar-refractivity contribution in [2.24, 2.45) is 0 Å². The predicted octanol–water partition coefficient (Wildman–Crippen LogP) is 4.77. The Labute approximate surface area is 189 Å². The van der Waals surface area contributed by atoms with E-state index in [9.17, 15) is 34.4 Å². The lowest BCUT2D eigenvalue weighted by Crippen LogP contribution is -2.16. The van der Waals surface area contributed by atoms with Gasteiger partial charge in [-0.2, -0.15) is 13.2 Å². The number of hydrogen-bond donors (Lipinski definition) is 1. The van der Waals surface area contributed by atoms with E-state index in [-0.39, 0.29) is 21.5 Å². The summed E-state index contributed by atoms with van der Waals surface area (Å²) in [6.07, 6.45) is -3.63. The molecule has 3 rings (SSSR count). The van der Waals surface area contributed by atoms with Gasteiger partial charge in [0, 0.05) is 0 Å². The number of aromatic nitrogens is 1. The minimum atomic E-state index is -4.57. The number of hydrogen-bond acceptors (Lipinski definition) is 6. The van der Waals surface area contributed by atoms with E-state index in [0.29, 0.717) is 6.07 Å². The number of thiazole rings is 1. The third kappa shape index (κ3) is 5.77. The fourth-order valence-electron chi connectivity index (χ4n) is 2.64. The van der Waals surface area contributed by atoms with Crippen LogP contribution in [0.5, 0.6) is 0 Å². The highest BCUT2D eigenvalue weighted by Gasteiger charge is 2.30. The molecule has 6 nitrogen and oxygen atoms in total. The third-order valence-electron chi connectivity index (χ3n) is 4.16. The lowest BCUT2D eigenvalue weighted by atomic mass is 10.1. The van der Waals surface area contributed by atoms with E-state index in [1.807, 2.05) is 4.72 Å². The lowest BCUT2D eigenvalue weighted by Gasteiger charge is -2.10. The Kier molecular flexibility index (Phi) is 6.84. The van der Waals surface area contributed by atoms with Crippen LogP contribution in [0.3, 0.4) is 0 Å². The summed E-state index contributed by atoms with van der Waals surface area (Å²) < 4.78 is 105. The van der Waals surface area contributed by atoms with Crippen LogP contribution in [-0.4, -0.2) is 27.6 Å². The standard InChI is InChI=1S/C18H13ClF4N2O4S3/c19-16-10-24-17(30-16)25-32(28,29)15-5-4-13(9-14(15)20)31(26,27)7-6-11-2-1-3-12(8-11)18(21,22)23/h1-5,8-10H,6-7H2,(H,24,25). The molecule has 172 valence electrons.